The van der Waals surface area contributed by atoms with Crippen LogP contribution in [0.15, 0.2) is 36.4 Å². The van der Waals surface area contributed by atoms with Crippen molar-refractivity contribution in [2.45, 2.75) is 45.3 Å². The molecule has 26 heavy (non-hydrogen) atoms. The zero-order valence-electron chi connectivity index (χ0n) is 14.8. The van der Waals surface area contributed by atoms with Crippen LogP contribution in [0.25, 0.3) is 0 Å². The molecule has 1 aliphatic heterocycles. The van der Waals surface area contributed by atoms with Gasteiger partial charge in [0.05, 0.1) is 10.7 Å². The van der Waals surface area contributed by atoms with Crippen molar-refractivity contribution in [2.75, 3.05) is 6.54 Å². The van der Waals surface area contributed by atoms with Gasteiger partial charge in [-0.2, -0.15) is 0 Å². The lowest BCUT2D eigenvalue weighted by molar-refractivity contribution is 0.0601. The summed E-state index contributed by atoms with van der Waals surface area (Å²) in [6, 6.07) is 11.0. The highest BCUT2D eigenvalue weighted by molar-refractivity contribution is 6.42. The van der Waals surface area contributed by atoms with Crippen LogP contribution in [0.2, 0.25) is 10.0 Å². The third-order valence-corrected chi connectivity index (χ3v) is 5.48. The molecule has 138 valence electrons. The van der Waals surface area contributed by atoms with E-state index in [9.17, 15) is 4.79 Å². The summed E-state index contributed by atoms with van der Waals surface area (Å²) in [4.78, 5) is 19.3. The van der Waals surface area contributed by atoms with E-state index in [1.54, 1.807) is 24.3 Å². The number of ether oxygens (including phenoxy) is 1. The zero-order valence-corrected chi connectivity index (χ0v) is 16.3. The average molecular weight is 393 g/mol. The van der Waals surface area contributed by atoms with Crippen molar-refractivity contribution in [3.63, 3.8) is 0 Å². The topological polar surface area (TPSA) is 42.4 Å². The Hall–Kier alpha value is -1.78. The molecule has 0 radical (unpaired) electrons. The summed E-state index contributed by atoms with van der Waals surface area (Å²) in [5.41, 5.74) is 1.14. The van der Waals surface area contributed by atoms with Gasteiger partial charge in [0.15, 0.2) is 0 Å². The average Bonchev–Trinajstić information content (AvgIpc) is 2.68. The summed E-state index contributed by atoms with van der Waals surface area (Å²) >= 11 is 12.1. The Morgan fingerprint density at radius 2 is 2.04 bits per heavy atom. The Morgan fingerprint density at radius 1 is 1.23 bits per heavy atom. The number of amides is 1. The number of carbonyl (C=O) groups is 1. The predicted octanol–water partition coefficient (Wildman–Crippen LogP) is 5.37. The summed E-state index contributed by atoms with van der Waals surface area (Å²) < 4.78 is 5.72. The highest BCUT2D eigenvalue weighted by atomic mass is 35.5. The lowest BCUT2D eigenvalue weighted by Crippen LogP contribution is -2.43. The molecule has 4 nitrogen and oxygen atoms in total. The Labute approximate surface area is 164 Å². The molecule has 3 rings (SSSR count). The van der Waals surface area contributed by atoms with Gasteiger partial charge < -0.3 is 9.64 Å². The minimum atomic E-state index is -0.000752. The molecule has 1 aromatic heterocycles. The van der Waals surface area contributed by atoms with E-state index < -0.39 is 0 Å². The maximum Gasteiger partial charge on any atom is 0.272 e. The van der Waals surface area contributed by atoms with Crippen molar-refractivity contribution in [3.05, 3.63) is 57.8 Å². The number of carbonyl (C=O) groups excluding carboxylic acids is 1. The maximum atomic E-state index is 12.9. The third kappa shape index (κ3) is 4.30. The number of aromatic nitrogens is 1. The van der Waals surface area contributed by atoms with Crippen LogP contribution in [0.4, 0.5) is 0 Å². The summed E-state index contributed by atoms with van der Waals surface area (Å²) in [6.45, 7) is 3.15. The van der Waals surface area contributed by atoms with Gasteiger partial charge in [-0.05, 0) is 49.9 Å². The molecule has 1 aliphatic rings. The number of halogens is 2. The maximum absolute atomic E-state index is 12.9. The van der Waals surface area contributed by atoms with E-state index in [2.05, 4.69) is 11.9 Å². The van der Waals surface area contributed by atoms with Crippen LogP contribution in [0.3, 0.4) is 0 Å². The molecule has 0 bridgehead atoms. The SMILES string of the molecule is CCC1CCCCN1C(=O)c1cccc(COc2cccc(Cl)c2Cl)n1. The van der Waals surface area contributed by atoms with Crippen molar-refractivity contribution in [3.8, 4) is 5.75 Å². The van der Waals surface area contributed by atoms with Crippen molar-refractivity contribution in [2.24, 2.45) is 0 Å². The summed E-state index contributed by atoms with van der Waals surface area (Å²) in [5.74, 6) is 0.499. The van der Waals surface area contributed by atoms with Crippen molar-refractivity contribution >= 4 is 29.1 Å². The van der Waals surface area contributed by atoms with Gasteiger partial charge in [-0.1, -0.05) is 42.3 Å². The lowest BCUT2D eigenvalue weighted by Gasteiger charge is -2.35. The number of pyridine rings is 1. The molecule has 2 heterocycles. The number of nitrogens with zero attached hydrogens (tertiary/aromatic N) is 2. The molecule has 1 atom stereocenters. The highest BCUT2D eigenvalue weighted by Crippen LogP contribution is 2.31. The van der Waals surface area contributed by atoms with Gasteiger partial charge in [-0.15, -0.1) is 0 Å². The van der Waals surface area contributed by atoms with Crippen LogP contribution < -0.4 is 4.74 Å². The minimum absolute atomic E-state index is 0.000752. The van der Waals surface area contributed by atoms with Crippen molar-refractivity contribution < 1.29 is 9.53 Å². The third-order valence-electron chi connectivity index (χ3n) is 4.68. The number of piperidine rings is 1. The molecule has 1 aromatic carbocycles. The number of benzene rings is 1. The molecule has 6 heteroatoms. The van der Waals surface area contributed by atoms with E-state index in [1.807, 2.05) is 17.0 Å². The van der Waals surface area contributed by atoms with Gasteiger partial charge in [0, 0.05) is 12.6 Å². The number of rotatable bonds is 5. The second-order valence-corrected chi connectivity index (χ2v) is 7.20. The zero-order chi connectivity index (χ0) is 18.5. The number of hydrogen-bond acceptors (Lipinski definition) is 3. The van der Waals surface area contributed by atoms with Crippen LogP contribution in [0, 0.1) is 0 Å². The fraction of sp³-hybridized carbons (Fsp3) is 0.400. The first-order valence-corrected chi connectivity index (χ1v) is 9.69. The van der Waals surface area contributed by atoms with Gasteiger partial charge in [0.2, 0.25) is 0 Å². The largest absolute Gasteiger partial charge is 0.486 e. The second kappa shape index (κ2) is 8.74. The first-order valence-electron chi connectivity index (χ1n) is 8.94. The first-order chi connectivity index (χ1) is 12.6. The fourth-order valence-corrected chi connectivity index (χ4v) is 3.61. The number of likely N-dealkylation sites (tertiary alicyclic amines) is 1. The Kier molecular flexibility index (Phi) is 6.38. The van der Waals surface area contributed by atoms with Gasteiger partial charge in [-0.3, -0.25) is 4.79 Å². The van der Waals surface area contributed by atoms with E-state index in [-0.39, 0.29) is 12.5 Å². The molecular weight excluding hydrogens is 371 g/mol. The quantitative estimate of drug-likeness (QED) is 0.686. The van der Waals surface area contributed by atoms with Gasteiger partial charge in [0.1, 0.15) is 23.1 Å². The van der Waals surface area contributed by atoms with E-state index in [4.69, 9.17) is 27.9 Å². The van der Waals surface area contributed by atoms with Gasteiger partial charge >= 0.3 is 0 Å². The molecule has 0 spiro atoms. The van der Waals surface area contributed by atoms with Crippen LogP contribution in [-0.2, 0) is 6.61 Å². The minimum Gasteiger partial charge on any atom is -0.486 e. The standard InChI is InChI=1S/C20H22Cl2N2O2/c1-2-15-8-3-4-12-24(15)20(25)17-10-5-7-14(23-17)13-26-18-11-6-9-16(21)19(18)22/h5-7,9-11,15H,2-4,8,12-13H2,1H3. The van der Waals surface area contributed by atoms with Crippen LogP contribution in [-0.4, -0.2) is 28.4 Å². The summed E-state index contributed by atoms with van der Waals surface area (Å²) in [5, 5.41) is 0.817. The van der Waals surface area contributed by atoms with E-state index >= 15 is 0 Å². The van der Waals surface area contributed by atoms with E-state index in [0.717, 1.165) is 25.8 Å². The molecule has 2 aromatic rings. The van der Waals surface area contributed by atoms with Gasteiger partial charge in [-0.25, -0.2) is 4.98 Å². The Morgan fingerprint density at radius 3 is 2.85 bits per heavy atom. The summed E-state index contributed by atoms with van der Waals surface area (Å²) in [6.07, 6.45) is 4.28. The number of hydrogen-bond donors (Lipinski definition) is 0. The van der Waals surface area contributed by atoms with Crippen LogP contribution in [0.5, 0.6) is 5.75 Å². The summed E-state index contributed by atoms with van der Waals surface area (Å²) in [7, 11) is 0. The van der Waals surface area contributed by atoms with E-state index in [0.29, 0.717) is 33.2 Å². The molecule has 0 N–H and O–H groups in total. The lowest BCUT2D eigenvalue weighted by atomic mass is 9.99. The van der Waals surface area contributed by atoms with Crippen LogP contribution in [0.1, 0.15) is 48.8 Å². The molecule has 1 unspecified atom stereocenters. The molecule has 1 amide bonds. The van der Waals surface area contributed by atoms with Gasteiger partial charge in [0.25, 0.3) is 5.91 Å². The fourth-order valence-electron chi connectivity index (χ4n) is 3.27. The van der Waals surface area contributed by atoms with Crippen molar-refractivity contribution in [1.82, 2.24) is 9.88 Å². The first kappa shape index (κ1) is 19.0. The molecule has 1 fully saturated rings. The predicted molar refractivity (Wildman–Crippen MR) is 104 cm³/mol. The van der Waals surface area contributed by atoms with Crippen LogP contribution >= 0.6 is 23.2 Å². The smallest absolute Gasteiger partial charge is 0.272 e. The molecular formula is C20H22Cl2N2O2. The Bertz CT molecular complexity index is 782. The monoisotopic (exact) mass is 392 g/mol. The molecule has 0 saturated carbocycles. The van der Waals surface area contributed by atoms with Crippen molar-refractivity contribution in [1.29, 1.82) is 0 Å². The highest BCUT2D eigenvalue weighted by Gasteiger charge is 2.26. The molecule has 0 aliphatic carbocycles. The Balaban J connectivity index is 1.71. The van der Waals surface area contributed by atoms with E-state index in [1.165, 1.54) is 6.42 Å². The second-order valence-electron chi connectivity index (χ2n) is 6.41. The normalized spacial score (nSPS) is 17.2. The molecule has 1 saturated heterocycles.